The molecular weight excluding hydrogens is 424 g/mol. The van der Waals surface area contributed by atoms with Crippen molar-refractivity contribution in [3.05, 3.63) is 28.3 Å². The predicted octanol–water partition coefficient (Wildman–Crippen LogP) is 3.65. The van der Waals surface area contributed by atoms with Crippen LogP contribution in [0.5, 0.6) is 0 Å². The Morgan fingerprint density at radius 3 is 2.50 bits per heavy atom. The van der Waals surface area contributed by atoms with Crippen LogP contribution in [0.3, 0.4) is 0 Å². The Labute approximate surface area is 184 Å². The maximum absolute atomic E-state index is 13.2. The number of rotatable bonds is 5. The summed E-state index contributed by atoms with van der Waals surface area (Å²) >= 11 is 6.21. The first-order valence-corrected chi connectivity index (χ1v) is 12.7. The van der Waals surface area contributed by atoms with Gasteiger partial charge in [-0.25, -0.2) is 8.42 Å². The number of benzene rings is 1. The van der Waals surface area contributed by atoms with Gasteiger partial charge in [0.2, 0.25) is 5.91 Å². The summed E-state index contributed by atoms with van der Waals surface area (Å²) in [5, 5.41) is 5.53. The summed E-state index contributed by atoms with van der Waals surface area (Å²) in [7, 11) is -3.56. The van der Waals surface area contributed by atoms with Crippen molar-refractivity contribution in [2.24, 2.45) is 11.8 Å². The molecule has 0 aromatic heterocycles. The Hall–Kier alpha value is -1.60. The molecule has 3 rings (SSSR count). The van der Waals surface area contributed by atoms with E-state index < -0.39 is 21.0 Å². The quantitative estimate of drug-likeness (QED) is 0.710. The zero-order valence-corrected chi connectivity index (χ0v) is 19.4. The summed E-state index contributed by atoms with van der Waals surface area (Å²) in [4.78, 5) is 25.3. The molecule has 1 aromatic carbocycles. The third-order valence-corrected chi connectivity index (χ3v) is 9.09. The molecule has 1 saturated carbocycles. The molecule has 0 radical (unpaired) electrons. The van der Waals surface area contributed by atoms with E-state index in [1.165, 1.54) is 12.1 Å². The summed E-state index contributed by atoms with van der Waals surface area (Å²) in [6.07, 6.45) is 4.99. The Kier molecular flexibility index (Phi) is 7.13. The van der Waals surface area contributed by atoms with Crippen molar-refractivity contribution in [3.63, 3.8) is 0 Å². The SMILES string of the molecule is Cc1c(C(=O)NCC2C(=O)NC(C)CC2C)cc(Cl)cc1S(=O)(=O)C1CCCCC1. The molecule has 1 aromatic rings. The number of piperidine rings is 1. The molecule has 2 fully saturated rings. The van der Waals surface area contributed by atoms with Crippen LogP contribution in [0.1, 0.15) is 68.3 Å². The van der Waals surface area contributed by atoms with Gasteiger partial charge in [-0.3, -0.25) is 9.59 Å². The lowest BCUT2D eigenvalue weighted by atomic mass is 9.84. The number of halogens is 1. The van der Waals surface area contributed by atoms with Gasteiger partial charge in [-0.15, -0.1) is 0 Å². The number of sulfone groups is 1. The minimum absolute atomic E-state index is 0.0649. The molecular formula is C22H31ClN2O4S. The van der Waals surface area contributed by atoms with Crippen LogP contribution in [0.2, 0.25) is 5.02 Å². The third kappa shape index (κ3) is 4.83. The number of hydrogen-bond acceptors (Lipinski definition) is 4. The predicted molar refractivity (Wildman–Crippen MR) is 117 cm³/mol. The van der Waals surface area contributed by atoms with Crippen LogP contribution in [0.4, 0.5) is 0 Å². The van der Waals surface area contributed by atoms with E-state index in [0.717, 1.165) is 25.7 Å². The van der Waals surface area contributed by atoms with Crippen molar-refractivity contribution in [2.45, 2.75) is 75.5 Å². The Morgan fingerprint density at radius 1 is 1.20 bits per heavy atom. The van der Waals surface area contributed by atoms with Crippen LogP contribution in [0.15, 0.2) is 17.0 Å². The lowest BCUT2D eigenvalue weighted by molar-refractivity contribution is -0.129. The van der Waals surface area contributed by atoms with E-state index in [-0.39, 0.29) is 45.8 Å². The Balaban J connectivity index is 1.81. The molecule has 3 unspecified atom stereocenters. The van der Waals surface area contributed by atoms with Crippen molar-refractivity contribution < 1.29 is 18.0 Å². The van der Waals surface area contributed by atoms with Crippen LogP contribution >= 0.6 is 11.6 Å². The summed E-state index contributed by atoms with van der Waals surface area (Å²) in [6, 6.07) is 3.08. The molecule has 2 aliphatic rings. The molecule has 166 valence electrons. The van der Waals surface area contributed by atoms with Gasteiger partial charge in [0.1, 0.15) is 0 Å². The van der Waals surface area contributed by atoms with Gasteiger partial charge < -0.3 is 10.6 Å². The van der Waals surface area contributed by atoms with Gasteiger partial charge in [0.05, 0.1) is 16.1 Å². The first kappa shape index (κ1) is 23.1. The molecule has 30 heavy (non-hydrogen) atoms. The van der Waals surface area contributed by atoms with Gasteiger partial charge in [-0.1, -0.05) is 37.8 Å². The number of nitrogens with one attached hydrogen (secondary N) is 2. The lowest BCUT2D eigenvalue weighted by Gasteiger charge is -2.32. The van der Waals surface area contributed by atoms with Gasteiger partial charge in [0.15, 0.2) is 9.84 Å². The number of carbonyl (C=O) groups is 2. The topological polar surface area (TPSA) is 92.3 Å². The van der Waals surface area contributed by atoms with Gasteiger partial charge in [0, 0.05) is 23.2 Å². The van der Waals surface area contributed by atoms with Crippen LogP contribution in [-0.4, -0.2) is 38.1 Å². The number of carbonyl (C=O) groups excluding carboxylic acids is 2. The molecule has 0 spiro atoms. The highest BCUT2D eigenvalue weighted by Crippen LogP contribution is 2.33. The van der Waals surface area contributed by atoms with Crippen molar-refractivity contribution in [1.82, 2.24) is 10.6 Å². The van der Waals surface area contributed by atoms with Crippen molar-refractivity contribution in [1.29, 1.82) is 0 Å². The second kappa shape index (κ2) is 9.27. The normalized spacial score (nSPS) is 25.6. The average Bonchev–Trinajstić information content (AvgIpc) is 2.69. The summed E-state index contributed by atoms with van der Waals surface area (Å²) in [6.45, 7) is 5.83. The standard InChI is InChI=1S/C22H31ClN2O4S/c1-13-9-14(2)25-22(27)19(13)12-24-21(26)18-10-16(23)11-20(15(18)3)30(28,29)17-7-5-4-6-8-17/h10-11,13-14,17,19H,4-9,12H2,1-3H3,(H,24,26)(H,25,27). The van der Waals surface area contributed by atoms with E-state index in [0.29, 0.717) is 18.4 Å². The second-order valence-corrected chi connectivity index (χ2v) is 11.5. The minimum atomic E-state index is -3.56. The summed E-state index contributed by atoms with van der Waals surface area (Å²) in [5.74, 6) is -0.634. The highest BCUT2D eigenvalue weighted by atomic mass is 35.5. The highest BCUT2D eigenvalue weighted by Gasteiger charge is 2.34. The maximum atomic E-state index is 13.2. The molecule has 2 N–H and O–H groups in total. The van der Waals surface area contributed by atoms with Crippen molar-refractivity contribution in [2.75, 3.05) is 6.54 Å². The van der Waals surface area contributed by atoms with E-state index in [1.54, 1.807) is 6.92 Å². The zero-order valence-electron chi connectivity index (χ0n) is 17.8. The largest absolute Gasteiger partial charge is 0.353 e. The van der Waals surface area contributed by atoms with Crippen LogP contribution in [-0.2, 0) is 14.6 Å². The van der Waals surface area contributed by atoms with Crippen LogP contribution in [0.25, 0.3) is 0 Å². The lowest BCUT2D eigenvalue weighted by Crippen LogP contribution is -2.50. The minimum Gasteiger partial charge on any atom is -0.353 e. The maximum Gasteiger partial charge on any atom is 0.251 e. The molecule has 3 atom stereocenters. The fourth-order valence-corrected chi connectivity index (χ4v) is 7.15. The third-order valence-electron chi connectivity index (χ3n) is 6.49. The van der Waals surface area contributed by atoms with Gasteiger partial charge >= 0.3 is 0 Å². The van der Waals surface area contributed by atoms with Gasteiger partial charge in [-0.2, -0.15) is 0 Å². The summed E-state index contributed by atoms with van der Waals surface area (Å²) in [5.41, 5.74) is 0.659. The Bertz CT molecular complexity index is 925. The molecule has 8 heteroatoms. The van der Waals surface area contributed by atoms with Gasteiger partial charge in [0.25, 0.3) is 5.91 Å². The molecule has 1 saturated heterocycles. The molecule has 2 amide bonds. The van der Waals surface area contributed by atoms with E-state index in [2.05, 4.69) is 10.6 Å². The van der Waals surface area contributed by atoms with Gasteiger partial charge in [-0.05, 0) is 56.7 Å². The van der Waals surface area contributed by atoms with E-state index in [1.807, 2.05) is 13.8 Å². The van der Waals surface area contributed by atoms with Crippen molar-refractivity contribution in [3.8, 4) is 0 Å². The molecule has 0 bridgehead atoms. The second-order valence-electron chi connectivity index (χ2n) is 8.82. The van der Waals surface area contributed by atoms with Crippen molar-refractivity contribution >= 4 is 33.3 Å². The summed E-state index contributed by atoms with van der Waals surface area (Å²) < 4.78 is 26.4. The van der Waals surface area contributed by atoms with Crippen LogP contribution < -0.4 is 10.6 Å². The first-order valence-electron chi connectivity index (χ1n) is 10.7. The molecule has 1 aliphatic heterocycles. The van der Waals surface area contributed by atoms with E-state index in [4.69, 9.17) is 11.6 Å². The average molecular weight is 455 g/mol. The highest BCUT2D eigenvalue weighted by molar-refractivity contribution is 7.92. The molecule has 1 aliphatic carbocycles. The smallest absolute Gasteiger partial charge is 0.251 e. The monoisotopic (exact) mass is 454 g/mol. The zero-order chi connectivity index (χ0) is 22.1. The van der Waals surface area contributed by atoms with E-state index in [9.17, 15) is 18.0 Å². The fraction of sp³-hybridized carbons (Fsp3) is 0.636. The molecule has 6 nitrogen and oxygen atoms in total. The first-order chi connectivity index (χ1) is 14.1. The molecule has 1 heterocycles. The number of amides is 2. The Morgan fingerprint density at radius 2 is 1.87 bits per heavy atom. The van der Waals surface area contributed by atoms with Crippen LogP contribution in [0, 0.1) is 18.8 Å². The van der Waals surface area contributed by atoms with E-state index >= 15 is 0 Å². The fourth-order valence-electron chi connectivity index (χ4n) is 4.72. The number of hydrogen-bond donors (Lipinski definition) is 2.